The highest BCUT2D eigenvalue weighted by Gasteiger charge is 2.33. The Morgan fingerprint density at radius 2 is 1.23 bits per heavy atom. The first kappa shape index (κ1) is 20.3. The fourth-order valence-electron chi connectivity index (χ4n) is 1.99. The van der Waals surface area contributed by atoms with E-state index < -0.39 is 53.2 Å². The standard InChI is InChI=1S/C14H10F5NO4S2/c1-8-2-9(14(17,18)19)4-12(3-8)25(21,22)20-26(23,24)13-6-10(15)5-11(16)7-13/h2-7,20H,1H3. The highest BCUT2D eigenvalue weighted by atomic mass is 32.3. The predicted octanol–water partition coefficient (Wildman–Crippen LogP) is 2.96. The van der Waals surface area contributed by atoms with E-state index in [1.54, 1.807) is 0 Å². The highest BCUT2D eigenvalue weighted by molar-refractivity contribution is 8.04. The zero-order valence-corrected chi connectivity index (χ0v) is 14.4. The van der Waals surface area contributed by atoms with Crippen molar-refractivity contribution in [1.29, 1.82) is 0 Å². The van der Waals surface area contributed by atoms with Crippen LogP contribution in [0.15, 0.2) is 46.2 Å². The molecule has 0 aromatic heterocycles. The van der Waals surface area contributed by atoms with E-state index in [0.717, 1.165) is 6.07 Å². The molecule has 2 aromatic carbocycles. The molecule has 2 aromatic rings. The Kier molecular flexibility index (Phi) is 5.14. The average Bonchev–Trinajstić information content (AvgIpc) is 2.43. The van der Waals surface area contributed by atoms with Gasteiger partial charge in [0.2, 0.25) is 0 Å². The van der Waals surface area contributed by atoms with Gasteiger partial charge in [-0.1, -0.05) is 0 Å². The minimum absolute atomic E-state index is 0.0885. The summed E-state index contributed by atoms with van der Waals surface area (Å²) in [6.45, 7) is 1.19. The number of hydrogen-bond donors (Lipinski definition) is 1. The molecule has 0 bridgehead atoms. The van der Waals surface area contributed by atoms with Crippen LogP contribution in [0, 0.1) is 18.6 Å². The monoisotopic (exact) mass is 415 g/mol. The number of sulfonamides is 2. The normalized spacial score (nSPS) is 13.0. The van der Waals surface area contributed by atoms with Crippen LogP contribution < -0.4 is 4.13 Å². The van der Waals surface area contributed by atoms with E-state index in [1.165, 1.54) is 11.1 Å². The van der Waals surface area contributed by atoms with Crippen molar-refractivity contribution >= 4 is 20.0 Å². The van der Waals surface area contributed by atoms with Gasteiger partial charge in [-0.2, -0.15) is 13.2 Å². The molecule has 0 heterocycles. The van der Waals surface area contributed by atoms with Crippen LogP contribution >= 0.6 is 0 Å². The van der Waals surface area contributed by atoms with Crippen LogP contribution in [0.2, 0.25) is 0 Å². The summed E-state index contributed by atoms with van der Waals surface area (Å²) in [5.74, 6) is -2.56. The summed E-state index contributed by atoms with van der Waals surface area (Å²) in [7, 11) is -9.95. The molecular weight excluding hydrogens is 405 g/mol. The van der Waals surface area contributed by atoms with Crippen LogP contribution in [-0.4, -0.2) is 16.8 Å². The first-order chi connectivity index (χ1) is 11.7. The van der Waals surface area contributed by atoms with E-state index >= 15 is 0 Å². The Bertz CT molecular complexity index is 1040. The van der Waals surface area contributed by atoms with Gasteiger partial charge in [-0.25, -0.2) is 25.6 Å². The molecule has 26 heavy (non-hydrogen) atoms. The molecule has 0 unspecified atom stereocenters. The van der Waals surface area contributed by atoms with Crippen LogP contribution in [0.4, 0.5) is 22.0 Å². The number of hydrogen-bond acceptors (Lipinski definition) is 4. The topological polar surface area (TPSA) is 80.3 Å². The summed E-state index contributed by atoms with van der Waals surface area (Å²) < 4.78 is 114. The predicted molar refractivity (Wildman–Crippen MR) is 80.0 cm³/mol. The SMILES string of the molecule is Cc1cc(C(F)(F)F)cc(S(=O)(=O)NS(=O)(=O)c2cc(F)cc(F)c2)c1. The fourth-order valence-corrected chi connectivity index (χ4v) is 5.07. The summed E-state index contributed by atoms with van der Waals surface area (Å²) in [5.41, 5.74) is -1.39. The Labute approximate surface area is 145 Å². The minimum atomic E-state index is -4.98. The summed E-state index contributed by atoms with van der Waals surface area (Å²) in [6.07, 6.45) is -4.86. The van der Waals surface area contributed by atoms with E-state index in [0.29, 0.717) is 24.3 Å². The minimum Gasteiger partial charge on any atom is -0.207 e. The molecule has 0 aliphatic heterocycles. The lowest BCUT2D eigenvalue weighted by molar-refractivity contribution is -0.137. The number of rotatable bonds is 4. The van der Waals surface area contributed by atoms with Crippen LogP contribution in [0.25, 0.3) is 0 Å². The zero-order valence-electron chi connectivity index (χ0n) is 12.8. The van der Waals surface area contributed by atoms with Crippen molar-refractivity contribution in [3.8, 4) is 0 Å². The average molecular weight is 415 g/mol. The lowest BCUT2D eigenvalue weighted by atomic mass is 10.1. The van der Waals surface area contributed by atoms with E-state index in [4.69, 9.17) is 0 Å². The lowest BCUT2D eigenvalue weighted by Crippen LogP contribution is -2.31. The molecule has 5 nitrogen and oxygen atoms in total. The largest absolute Gasteiger partial charge is 0.416 e. The van der Waals surface area contributed by atoms with Crippen molar-refractivity contribution < 1.29 is 38.8 Å². The van der Waals surface area contributed by atoms with Crippen LogP contribution in [0.3, 0.4) is 0 Å². The Morgan fingerprint density at radius 1 is 0.769 bits per heavy atom. The maximum absolute atomic E-state index is 13.1. The smallest absolute Gasteiger partial charge is 0.207 e. The summed E-state index contributed by atoms with van der Waals surface area (Å²) in [4.78, 5) is -2.01. The van der Waals surface area contributed by atoms with Gasteiger partial charge in [0.25, 0.3) is 20.0 Å². The maximum atomic E-state index is 13.1. The lowest BCUT2D eigenvalue weighted by Gasteiger charge is -2.12. The van der Waals surface area contributed by atoms with E-state index in [2.05, 4.69) is 0 Å². The Balaban J connectivity index is 2.50. The quantitative estimate of drug-likeness (QED) is 0.779. The summed E-state index contributed by atoms with van der Waals surface area (Å²) in [6, 6.07) is 2.83. The molecule has 0 saturated heterocycles. The number of halogens is 5. The molecule has 0 aliphatic rings. The summed E-state index contributed by atoms with van der Waals surface area (Å²) >= 11 is 0. The van der Waals surface area contributed by atoms with Gasteiger partial charge < -0.3 is 0 Å². The molecule has 0 radical (unpaired) electrons. The first-order valence-corrected chi connectivity index (χ1v) is 9.61. The molecule has 2 rings (SSSR count). The molecule has 0 amide bonds. The van der Waals surface area contributed by atoms with E-state index in [-0.39, 0.29) is 11.6 Å². The van der Waals surface area contributed by atoms with Crippen LogP contribution in [0.1, 0.15) is 11.1 Å². The molecule has 0 atom stereocenters. The molecule has 0 saturated carbocycles. The van der Waals surface area contributed by atoms with Crippen molar-refractivity contribution in [2.75, 3.05) is 0 Å². The van der Waals surface area contributed by atoms with Crippen molar-refractivity contribution in [3.05, 3.63) is 59.2 Å². The van der Waals surface area contributed by atoms with Crippen LogP contribution in [-0.2, 0) is 26.2 Å². The van der Waals surface area contributed by atoms with Gasteiger partial charge in [-0.05, 0) is 42.8 Å². The van der Waals surface area contributed by atoms with Gasteiger partial charge in [-0.15, -0.1) is 4.13 Å². The number of alkyl halides is 3. The third-order valence-corrected chi connectivity index (χ3v) is 6.52. The second-order valence-corrected chi connectivity index (χ2v) is 8.85. The van der Waals surface area contributed by atoms with Crippen molar-refractivity contribution in [1.82, 2.24) is 4.13 Å². The van der Waals surface area contributed by atoms with Gasteiger partial charge in [0, 0.05) is 6.07 Å². The number of benzene rings is 2. The second-order valence-electron chi connectivity index (χ2n) is 5.23. The molecule has 142 valence electrons. The van der Waals surface area contributed by atoms with Gasteiger partial charge in [-0.3, -0.25) is 0 Å². The van der Waals surface area contributed by atoms with Gasteiger partial charge >= 0.3 is 6.18 Å². The molecular formula is C14H10F5NO4S2. The molecule has 0 aliphatic carbocycles. The van der Waals surface area contributed by atoms with E-state index in [9.17, 15) is 38.8 Å². The van der Waals surface area contributed by atoms with Gasteiger partial charge in [0.15, 0.2) is 0 Å². The third kappa shape index (κ3) is 4.56. The molecule has 12 heteroatoms. The Morgan fingerprint density at radius 3 is 1.69 bits per heavy atom. The van der Waals surface area contributed by atoms with Crippen molar-refractivity contribution in [3.63, 3.8) is 0 Å². The molecule has 1 N–H and O–H groups in total. The fraction of sp³-hybridized carbons (Fsp3) is 0.143. The third-order valence-electron chi connectivity index (χ3n) is 3.05. The number of nitrogens with one attached hydrogen (secondary N) is 1. The highest BCUT2D eigenvalue weighted by Crippen LogP contribution is 2.31. The second kappa shape index (κ2) is 6.59. The summed E-state index contributed by atoms with van der Waals surface area (Å²) in [5, 5.41) is 0. The maximum Gasteiger partial charge on any atom is 0.416 e. The van der Waals surface area contributed by atoms with Crippen molar-refractivity contribution in [2.24, 2.45) is 0 Å². The zero-order chi connectivity index (χ0) is 19.9. The molecule has 0 fully saturated rings. The van der Waals surface area contributed by atoms with Crippen LogP contribution in [0.5, 0.6) is 0 Å². The Hall–Kier alpha value is -2.05. The van der Waals surface area contributed by atoms with Gasteiger partial charge in [0.05, 0.1) is 15.4 Å². The molecule has 0 spiro atoms. The number of aryl methyl sites for hydroxylation is 1. The first-order valence-electron chi connectivity index (χ1n) is 6.64. The van der Waals surface area contributed by atoms with E-state index in [1.807, 2.05) is 0 Å². The van der Waals surface area contributed by atoms with Crippen molar-refractivity contribution in [2.45, 2.75) is 22.9 Å². The van der Waals surface area contributed by atoms with Gasteiger partial charge in [0.1, 0.15) is 11.6 Å².